The Kier molecular flexibility index (Phi) is 4.72. The van der Waals surface area contributed by atoms with Crippen LogP contribution in [0.3, 0.4) is 0 Å². The zero-order chi connectivity index (χ0) is 13.7. The molecule has 1 unspecified atom stereocenters. The molecule has 0 amide bonds. The molecule has 0 aliphatic heterocycles. The van der Waals surface area contributed by atoms with Gasteiger partial charge in [0.1, 0.15) is 0 Å². The zero-order valence-electron chi connectivity index (χ0n) is 11.6. The summed E-state index contributed by atoms with van der Waals surface area (Å²) in [5.74, 6) is 6.40. The maximum atomic E-state index is 5.74. The molecule has 2 heteroatoms. The van der Waals surface area contributed by atoms with Crippen molar-refractivity contribution in [3.63, 3.8) is 0 Å². The molecule has 0 fully saturated rings. The molecule has 3 N–H and O–H groups in total. The highest BCUT2D eigenvalue weighted by molar-refractivity contribution is 5.34. The molecule has 19 heavy (non-hydrogen) atoms. The summed E-state index contributed by atoms with van der Waals surface area (Å²) < 4.78 is 0. The van der Waals surface area contributed by atoms with Crippen molar-refractivity contribution in [2.45, 2.75) is 26.3 Å². The van der Waals surface area contributed by atoms with Gasteiger partial charge in [-0.05, 0) is 29.0 Å². The van der Waals surface area contributed by atoms with Crippen molar-refractivity contribution in [1.29, 1.82) is 0 Å². The van der Waals surface area contributed by atoms with Gasteiger partial charge in [0.25, 0.3) is 0 Å². The summed E-state index contributed by atoms with van der Waals surface area (Å²) in [6.07, 6.45) is 1.10. The van der Waals surface area contributed by atoms with E-state index in [0.29, 0.717) is 5.92 Å². The van der Waals surface area contributed by atoms with Crippen LogP contribution in [0.25, 0.3) is 0 Å². The number of nitrogens with two attached hydrogens (primary N) is 1. The van der Waals surface area contributed by atoms with Crippen LogP contribution in [-0.2, 0) is 6.42 Å². The lowest BCUT2D eigenvalue weighted by molar-refractivity contribution is 0.628. The average Bonchev–Trinajstić information content (AvgIpc) is 2.40. The molecule has 0 saturated carbocycles. The number of rotatable bonds is 5. The number of hydrogen-bond donors (Lipinski definition) is 2. The van der Waals surface area contributed by atoms with Gasteiger partial charge in [-0.15, -0.1) is 0 Å². The third kappa shape index (κ3) is 3.66. The van der Waals surface area contributed by atoms with Gasteiger partial charge >= 0.3 is 0 Å². The topological polar surface area (TPSA) is 38.0 Å². The molecule has 0 saturated heterocycles. The molecule has 2 aromatic carbocycles. The molecule has 0 spiro atoms. The van der Waals surface area contributed by atoms with Crippen molar-refractivity contribution >= 4 is 0 Å². The minimum Gasteiger partial charge on any atom is -0.271 e. The van der Waals surface area contributed by atoms with Crippen LogP contribution in [0.4, 0.5) is 0 Å². The van der Waals surface area contributed by atoms with Crippen molar-refractivity contribution in [2.24, 2.45) is 11.8 Å². The Labute approximate surface area is 115 Å². The first kappa shape index (κ1) is 13.8. The Balaban J connectivity index is 2.28. The summed E-state index contributed by atoms with van der Waals surface area (Å²) in [5.41, 5.74) is 6.68. The third-order valence-corrected chi connectivity index (χ3v) is 3.23. The highest BCUT2D eigenvalue weighted by Gasteiger charge is 2.12. The average molecular weight is 254 g/mol. The van der Waals surface area contributed by atoms with Crippen molar-refractivity contribution in [3.8, 4) is 0 Å². The fourth-order valence-corrected chi connectivity index (χ4v) is 2.40. The molecule has 2 rings (SSSR count). The molecular formula is C17H22N2. The van der Waals surface area contributed by atoms with Gasteiger partial charge in [0.15, 0.2) is 0 Å². The smallest absolute Gasteiger partial charge is 0.0710 e. The van der Waals surface area contributed by atoms with Crippen LogP contribution in [0.1, 0.15) is 36.6 Å². The maximum Gasteiger partial charge on any atom is 0.0710 e. The van der Waals surface area contributed by atoms with E-state index in [4.69, 9.17) is 5.84 Å². The van der Waals surface area contributed by atoms with Gasteiger partial charge in [-0.1, -0.05) is 68.4 Å². The molecule has 2 aromatic rings. The Morgan fingerprint density at radius 1 is 0.947 bits per heavy atom. The van der Waals surface area contributed by atoms with Crippen LogP contribution in [0.15, 0.2) is 54.6 Å². The van der Waals surface area contributed by atoms with Crippen LogP contribution < -0.4 is 11.3 Å². The molecule has 0 aliphatic carbocycles. The number of benzene rings is 2. The molecular weight excluding hydrogens is 232 g/mol. The van der Waals surface area contributed by atoms with Gasteiger partial charge in [0.2, 0.25) is 0 Å². The first-order valence-electron chi connectivity index (χ1n) is 6.80. The lowest BCUT2D eigenvalue weighted by Gasteiger charge is -2.18. The lowest BCUT2D eigenvalue weighted by Crippen LogP contribution is -2.28. The van der Waals surface area contributed by atoms with Crippen molar-refractivity contribution in [2.75, 3.05) is 0 Å². The minimum absolute atomic E-state index is 0.0494. The van der Waals surface area contributed by atoms with Gasteiger partial charge in [0.05, 0.1) is 6.04 Å². The van der Waals surface area contributed by atoms with Gasteiger partial charge in [0, 0.05) is 0 Å². The van der Waals surface area contributed by atoms with Gasteiger partial charge in [-0.25, -0.2) is 5.43 Å². The summed E-state index contributed by atoms with van der Waals surface area (Å²) in [6.45, 7) is 4.48. The van der Waals surface area contributed by atoms with Crippen molar-refractivity contribution in [3.05, 3.63) is 71.3 Å². The molecule has 0 aromatic heterocycles. The summed E-state index contributed by atoms with van der Waals surface area (Å²) >= 11 is 0. The fraction of sp³-hybridized carbons (Fsp3) is 0.294. The molecule has 100 valence electrons. The predicted octanol–water partition coefficient (Wildman–Crippen LogP) is 3.44. The SMILES string of the molecule is CC(C)Cc1cccc(C(NN)c2ccccc2)c1. The highest BCUT2D eigenvalue weighted by Crippen LogP contribution is 2.22. The van der Waals surface area contributed by atoms with Gasteiger partial charge in [-0.2, -0.15) is 0 Å². The van der Waals surface area contributed by atoms with E-state index in [9.17, 15) is 0 Å². The van der Waals surface area contributed by atoms with E-state index in [-0.39, 0.29) is 6.04 Å². The van der Waals surface area contributed by atoms with E-state index >= 15 is 0 Å². The summed E-state index contributed by atoms with van der Waals surface area (Å²) in [5, 5.41) is 0. The van der Waals surface area contributed by atoms with Crippen LogP contribution in [0, 0.1) is 5.92 Å². The van der Waals surface area contributed by atoms with Crippen LogP contribution >= 0.6 is 0 Å². The largest absolute Gasteiger partial charge is 0.271 e. The maximum absolute atomic E-state index is 5.74. The Bertz CT molecular complexity index is 506. The number of hydrazine groups is 1. The predicted molar refractivity (Wildman–Crippen MR) is 80.6 cm³/mol. The van der Waals surface area contributed by atoms with Crippen LogP contribution in [-0.4, -0.2) is 0 Å². The van der Waals surface area contributed by atoms with E-state index in [1.54, 1.807) is 0 Å². The van der Waals surface area contributed by atoms with Crippen LogP contribution in [0.2, 0.25) is 0 Å². The molecule has 0 bridgehead atoms. The number of hydrogen-bond acceptors (Lipinski definition) is 2. The zero-order valence-corrected chi connectivity index (χ0v) is 11.6. The van der Waals surface area contributed by atoms with Crippen molar-refractivity contribution < 1.29 is 0 Å². The summed E-state index contributed by atoms with van der Waals surface area (Å²) in [4.78, 5) is 0. The monoisotopic (exact) mass is 254 g/mol. The second kappa shape index (κ2) is 6.50. The molecule has 1 atom stereocenters. The van der Waals surface area contributed by atoms with Gasteiger partial charge < -0.3 is 0 Å². The van der Waals surface area contributed by atoms with E-state index in [1.807, 2.05) is 18.2 Å². The second-order valence-corrected chi connectivity index (χ2v) is 5.35. The first-order valence-corrected chi connectivity index (χ1v) is 6.80. The summed E-state index contributed by atoms with van der Waals surface area (Å²) in [7, 11) is 0. The van der Waals surface area contributed by atoms with Crippen LogP contribution in [0.5, 0.6) is 0 Å². The lowest BCUT2D eigenvalue weighted by atomic mass is 9.95. The fourth-order valence-electron chi connectivity index (χ4n) is 2.40. The second-order valence-electron chi connectivity index (χ2n) is 5.35. The number of nitrogens with one attached hydrogen (secondary N) is 1. The van der Waals surface area contributed by atoms with E-state index in [1.165, 1.54) is 16.7 Å². The summed E-state index contributed by atoms with van der Waals surface area (Å²) in [6, 6.07) is 19.0. The standard InChI is InChI=1S/C17H22N2/c1-13(2)11-14-7-6-10-16(12-14)17(19-18)15-8-4-3-5-9-15/h3-10,12-13,17,19H,11,18H2,1-2H3. The Morgan fingerprint density at radius 2 is 1.63 bits per heavy atom. The van der Waals surface area contributed by atoms with Gasteiger partial charge in [-0.3, -0.25) is 5.84 Å². The molecule has 0 aliphatic rings. The first-order chi connectivity index (χ1) is 9.20. The van der Waals surface area contributed by atoms with E-state index in [0.717, 1.165) is 6.42 Å². The normalized spacial score (nSPS) is 12.6. The quantitative estimate of drug-likeness (QED) is 0.633. The van der Waals surface area contributed by atoms with E-state index in [2.05, 4.69) is 55.7 Å². The Morgan fingerprint density at radius 3 is 2.26 bits per heavy atom. The van der Waals surface area contributed by atoms with E-state index < -0.39 is 0 Å². The minimum atomic E-state index is 0.0494. The molecule has 0 radical (unpaired) electrons. The molecule has 0 heterocycles. The third-order valence-electron chi connectivity index (χ3n) is 3.23. The highest BCUT2D eigenvalue weighted by atomic mass is 15.2. The molecule has 2 nitrogen and oxygen atoms in total. The Hall–Kier alpha value is -1.64. The van der Waals surface area contributed by atoms with Crippen molar-refractivity contribution in [1.82, 2.24) is 5.43 Å².